The van der Waals surface area contributed by atoms with Gasteiger partial charge in [0.1, 0.15) is 0 Å². The predicted molar refractivity (Wildman–Crippen MR) is 44.2 cm³/mol. The van der Waals surface area contributed by atoms with E-state index in [0.29, 0.717) is 0 Å². The zero-order valence-corrected chi connectivity index (χ0v) is 6.82. The van der Waals surface area contributed by atoms with Gasteiger partial charge in [0.2, 0.25) is 0 Å². The lowest BCUT2D eigenvalue weighted by molar-refractivity contribution is 0.391. The fourth-order valence-corrected chi connectivity index (χ4v) is 1.37. The zero-order chi connectivity index (χ0) is 7.23. The Morgan fingerprint density at radius 3 is 2.90 bits per heavy atom. The second kappa shape index (κ2) is 4.69. The third-order valence-corrected chi connectivity index (χ3v) is 2.03. The second-order valence-electron chi connectivity index (χ2n) is 3.00. The summed E-state index contributed by atoms with van der Waals surface area (Å²) in [4.78, 5) is 0. The minimum Gasteiger partial charge on any atom is -0.314 e. The highest BCUT2D eigenvalue weighted by atomic mass is 15.0. The number of hydrogen-bond donors (Lipinski definition) is 2. The van der Waals surface area contributed by atoms with Crippen LogP contribution in [0.1, 0.15) is 26.2 Å². The van der Waals surface area contributed by atoms with Gasteiger partial charge in [0.25, 0.3) is 0 Å². The lowest BCUT2D eigenvalue weighted by Crippen LogP contribution is -2.48. The van der Waals surface area contributed by atoms with E-state index >= 15 is 0 Å². The first kappa shape index (κ1) is 8.02. The molecule has 0 aromatic carbocycles. The van der Waals surface area contributed by atoms with E-state index in [4.69, 9.17) is 0 Å². The molecule has 1 rings (SSSR count). The number of rotatable bonds is 3. The van der Waals surface area contributed by atoms with Gasteiger partial charge in [-0.2, -0.15) is 0 Å². The molecule has 0 aromatic rings. The van der Waals surface area contributed by atoms with Crippen molar-refractivity contribution in [2.75, 3.05) is 19.6 Å². The van der Waals surface area contributed by atoms with E-state index in [0.717, 1.165) is 19.1 Å². The quantitative estimate of drug-likeness (QED) is 0.607. The van der Waals surface area contributed by atoms with Gasteiger partial charge < -0.3 is 10.6 Å². The van der Waals surface area contributed by atoms with Gasteiger partial charge >= 0.3 is 0 Å². The minimum absolute atomic E-state index is 0.744. The molecule has 0 spiro atoms. The van der Waals surface area contributed by atoms with Gasteiger partial charge in [-0.15, -0.1) is 0 Å². The molecular formula is C8H18N2. The van der Waals surface area contributed by atoms with Crippen LogP contribution < -0.4 is 10.6 Å². The van der Waals surface area contributed by atoms with Gasteiger partial charge in [-0.05, 0) is 6.42 Å². The van der Waals surface area contributed by atoms with E-state index in [2.05, 4.69) is 17.6 Å². The summed E-state index contributed by atoms with van der Waals surface area (Å²) < 4.78 is 0. The largest absolute Gasteiger partial charge is 0.314 e. The van der Waals surface area contributed by atoms with Crippen LogP contribution in [0.4, 0.5) is 0 Å². The molecule has 0 saturated carbocycles. The van der Waals surface area contributed by atoms with Crippen molar-refractivity contribution in [3.8, 4) is 0 Å². The fourth-order valence-electron chi connectivity index (χ4n) is 1.37. The van der Waals surface area contributed by atoms with Crippen LogP contribution in [0.15, 0.2) is 0 Å². The van der Waals surface area contributed by atoms with Gasteiger partial charge in [-0.3, -0.25) is 0 Å². The van der Waals surface area contributed by atoms with Gasteiger partial charge in [0.05, 0.1) is 0 Å². The molecule has 0 bridgehead atoms. The first-order chi connectivity index (χ1) is 4.93. The molecule has 1 saturated heterocycles. The van der Waals surface area contributed by atoms with Crippen LogP contribution in [0, 0.1) is 0 Å². The molecule has 0 amide bonds. The molecule has 2 nitrogen and oxygen atoms in total. The first-order valence-electron chi connectivity index (χ1n) is 4.37. The van der Waals surface area contributed by atoms with Crippen LogP contribution in [-0.2, 0) is 0 Å². The van der Waals surface area contributed by atoms with Crippen LogP contribution in [0.2, 0.25) is 0 Å². The summed E-state index contributed by atoms with van der Waals surface area (Å²) in [5.41, 5.74) is 0. The predicted octanol–water partition coefficient (Wildman–Crippen LogP) is 0.738. The highest BCUT2D eigenvalue weighted by Crippen LogP contribution is 2.00. The van der Waals surface area contributed by atoms with Gasteiger partial charge in [-0.1, -0.05) is 19.8 Å². The number of piperazine rings is 1. The summed E-state index contributed by atoms with van der Waals surface area (Å²) in [5, 5.41) is 6.87. The highest BCUT2D eigenvalue weighted by Gasteiger charge is 2.09. The maximum Gasteiger partial charge on any atom is 0.0193 e. The monoisotopic (exact) mass is 142 g/mol. The molecule has 1 heterocycles. The third kappa shape index (κ3) is 2.67. The average Bonchev–Trinajstić information content (AvgIpc) is 2.03. The number of nitrogens with one attached hydrogen (secondary N) is 2. The molecule has 0 aliphatic carbocycles. The Bertz CT molecular complexity index is 77.3. The Hall–Kier alpha value is -0.0800. The summed E-state index contributed by atoms with van der Waals surface area (Å²) in [6, 6.07) is 0.744. The lowest BCUT2D eigenvalue weighted by Gasteiger charge is -2.24. The molecule has 1 aliphatic rings. The average molecular weight is 142 g/mol. The lowest BCUT2D eigenvalue weighted by atomic mass is 10.1. The molecule has 1 atom stereocenters. The van der Waals surface area contributed by atoms with E-state index in [1.54, 1.807) is 0 Å². The molecular weight excluding hydrogens is 124 g/mol. The van der Waals surface area contributed by atoms with Crippen molar-refractivity contribution >= 4 is 0 Å². The Morgan fingerprint density at radius 2 is 2.30 bits per heavy atom. The number of unbranched alkanes of at least 4 members (excludes halogenated alkanes) is 1. The molecule has 2 N–H and O–H groups in total. The van der Waals surface area contributed by atoms with Gasteiger partial charge in [0, 0.05) is 25.7 Å². The fraction of sp³-hybridized carbons (Fsp3) is 1.00. The molecule has 60 valence electrons. The van der Waals surface area contributed by atoms with Crippen LogP contribution in [-0.4, -0.2) is 25.7 Å². The Kier molecular flexibility index (Phi) is 3.76. The van der Waals surface area contributed by atoms with Crippen LogP contribution in [0.25, 0.3) is 0 Å². The van der Waals surface area contributed by atoms with Crippen LogP contribution in [0.3, 0.4) is 0 Å². The van der Waals surface area contributed by atoms with E-state index in [-0.39, 0.29) is 0 Å². The maximum absolute atomic E-state index is 3.49. The molecule has 0 unspecified atom stereocenters. The summed E-state index contributed by atoms with van der Waals surface area (Å²) in [6.45, 7) is 5.70. The van der Waals surface area contributed by atoms with Crippen LogP contribution >= 0.6 is 0 Å². The first-order valence-corrected chi connectivity index (χ1v) is 4.37. The van der Waals surface area contributed by atoms with E-state index in [9.17, 15) is 0 Å². The van der Waals surface area contributed by atoms with Crippen molar-refractivity contribution in [2.24, 2.45) is 0 Å². The zero-order valence-electron chi connectivity index (χ0n) is 6.82. The van der Waals surface area contributed by atoms with Crippen molar-refractivity contribution < 1.29 is 0 Å². The Balaban J connectivity index is 2.02. The Labute approximate surface area is 63.4 Å². The van der Waals surface area contributed by atoms with Crippen molar-refractivity contribution in [1.29, 1.82) is 0 Å². The summed E-state index contributed by atoms with van der Waals surface area (Å²) in [7, 11) is 0. The van der Waals surface area contributed by atoms with Crippen molar-refractivity contribution in [3.05, 3.63) is 0 Å². The second-order valence-corrected chi connectivity index (χ2v) is 3.00. The summed E-state index contributed by atoms with van der Waals surface area (Å²) in [5.74, 6) is 0. The SMILES string of the molecule is CCCC[C@H]1CNCCN1. The van der Waals surface area contributed by atoms with Gasteiger partial charge in [0.15, 0.2) is 0 Å². The molecule has 0 aromatic heterocycles. The van der Waals surface area contributed by atoms with Gasteiger partial charge in [-0.25, -0.2) is 0 Å². The number of hydrogen-bond acceptors (Lipinski definition) is 2. The van der Waals surface area contributed by atoms with E-state index in [1.165, 1.54) is 25.8 Å². The molecule has 1 aliphatic heterocycles. The van der Waals surface area contributed by atoms with E-state index in [1.807, 2.05) is 0 Å². The smallest absolute Gasteiger partial charge is 0.0193 e. The Morgan fingerprint density at radius 1 is 1.40 bits per heavy atom. The summed E-state index contributed by atoms with van der Waals surface area (Å²) in [6.07, 6.45) is 4.01. The third-order valence-electron chi connectivity index (χ3n) is 2.03. The van der Waals surface area contributed by atoms with Crippen LogP contribution in [0.5, 0.6) is 0 Å². The highest BCUT2D eigenvalue weighted by molar-refractivity contribution is 4.74. The maximum atomic E-state index is 3.49. The van der Waals surface area contributed by atoms with Crippen molar-refractivity contribution in [3.63, 3.8) is 0 Å². The van der Waals surface area contributed by atoms with Crippen molar-refractivity contribution in [2.45, 2.75) is 32.2 Å². The van der Waals surface area contributed by atoms with E-state index < -0.39 is 0 Å². The summed E-state index contributed by atoms with van der Waals surface area (Å²) >= 11 is 0. The standard InChI is InChI=1S/C8H18N2/c1-2-3-4-8-7-9-5-6-10-8/h8-10H,2-7H2,1H3/t8-/m0/s1. The van der Waals surface area contributed by atoms with Crippen molar-refractivity contribution in [1.82, 2.24) is 10.6 Å². The molecule has 1 fully saturated rings. The topological polar surface area (TPSA) is 24.1 Å². The molecule has 0 radical (unpaired) electrons. The normalized spacial score (nSPS) is 26.7. The minimum atomic E-state index is 0.744. The molecule has 2 heteroatoms. The molecule has 10 heavy (non-hydrogen) atoms.